The topological polar surface area (TPSA) is 91.7 Å². The first-order chi connectivity index (χ1) is 11.9. The lowest BCUT2D eigenvalue weighted by molar-refractivity contribution is -0.111. The third kappa shape index (κ3) is 5.01. The summed E-state index contributed by atoms with van der Waals surface area (Å²) in [5.41, 5.74) is 3.13. The van der Waals surface area contributed by atoms with E-state index in [0.717, 1.165) is 17.4 Å². The molecule has 5 heteroatoms. The number of benzene rings is 2. The number of carboxylic acids is 2. The molecule has 0 spiro atoms. The molecule has 2 aromatic rings. The fourth-order valence-electron chi connectivity index (χ4n) is 2.78. The number of hydrogen-bond acceptors (Lipinski definition) is 3. The quantitative estimate of drug-likeness (QED) is 0.719. The van der Waals surface area contributed by atoms with E-state index in [4.69, 9.17) is 10.2 Å². The first-order valence-electron chi connectivity index (χ1n) is 8.01. The number of hydrogen-bond donors (Lipinski definition) is 2. The summed E-state index contributed by atoms with van der Waals surface area (Å²) in [6.45, 7) is 1.76. The third-order valence-corrected chi connectivity index (χ3v) is 4.22. The number of aldehydes is 1. The van der Waals surface area contributed by atoms with Gasteiger partial charge in [-0.1, -0.05) is 24.3 Å². The second kappa shape index (κ2) is 8.24. The summed E-state index contributed by atoms with van der Waals surface area (Å²) in [4.78, 5) is 33.2. The highest BCUT2D eigenvalue weighted by molar-refractivity contribution is 5.89. The molecule has 0 radical (unpaired) electrons. The Labute approximate surface area is 145 Å². The lowest BCUT2D eigenvalue weighted by Crippen LogP contribution is -2.08. The zero-order chi connectivity index (χ0) is 18.4. The molecular weight excluding hydrogens is 320 g/mol. The second-order valence-electron chi connectivity index (χ2n) is 6.10. The highest BCUT2D eigenvalue weighted by Gasteiger charge is 2.12. The van der Waals surface area contributed by atoms with E-state index >= 15 is 0 Å². The average Bonchev–Trinajstić information content (AvgIpc) is 2.58. The van der Waals surface area contributed by atoms with E-state index in [1.807, 2.05) is 6.07 Å². The van der Waals surface area contributed by atoms with Gasteiger partial charge in [-0.2, -0.15) is 0 Å². The van der Waals surface area contributed by atoms with Gasteiger partial charge in [0.2, 0.25) is 0 Å². The van der Waals surface area contributed by atoms with E-state index in [2.05, 4.69) is 0 Å². The van der Waals surface area contributed by atoms with E-state index in [1.165, 1.54) is 12.1 Å². The Morgan fingerprint density at radius 2 is 1.64 bits per heavy atom. The maximum absolute atomic E-state index is 11.3. The second-order valence-corrected chi connectivity index (χ2v) is 6.10. The molecule has 5 nitrogen and oxygen atoms in total. The molecule has 0 fully saturated rings. The van der Waals surface area contributed by atoms with Gasteiger partial charge in [0.05, 0.1) is 11.1 Å². The fraction of sp³-hybridized carbons (Fsp3) is 0.250. The molecule has 0 aliphatic rings. The number of aromatic carboxylic acids is 2. The summed E-state index contributed by atoms with van der Waals surface area (Å²) in [7, 11) is 0. The summed E-state index contributed by atoms with van der Waals surface area (Å²) in [6.07, 6.45) is 2.80. The molecule has 1 atom stereocenters. The van der Waals surface area contributed by atoms with Gasteiger partial charge in [-0.25, -0.2) is 9.59 Å². The van der Waals surface area contributed by atoms with E-state index in [0.29, 0.717) is 24.8 Å². The molecular formula is C20H20O5. The van der Waals surface area contributed by atoms with Gasteiger partial charge in [0.15, 0.2) is 0 Å². The highest BCUT2D eigenvalue weighted by Crippen LogP contribution is 2.17. The van der Waals surface area contributed by atoms with Crippen LogP contribution in [0.15, 0.2) is 42.5 Å². The van der Waals surface area contributed by atoms with E-state index in [1.54, 1.807) is 31.2 Å². The number of rotatable bonds is 8. The van der Waals surface area contributed by atoms with Crippen LogP contribution in [0.5, 0.6) is 0 Å². The Kier molecular flexibility index (Phi) is 6.06. The first kappa shape index (κ1) is 18.4. The molecule has 2 rings (SSSR count). The molecule has 0 heterocycles. The standard InChI is InChI=1S/C20H20O5/c1-13-10-14(6-9-18(13)20(24)25)2-3-16(12-21)11-15-4-7-17(8-5-15)19(22)23/h4-10,12,16H,2-3,11H2,1H3,(H,22,23)(H,24,25). The minimum Gasteiger partial charge on any atom is -0.478 e. The van der Waals surface area contributed by atoms with Crippen molar-refractivity contribution in [2.24, 2.45) is 5.92 Å². The van der Waals surface area contributed by atoms with Crippen LogP contribution >= 0.6 is 0 Å². The molecule has 0 aromatic heterocycles. The van der Waals surface area contributed by atoms with Crippen molar-refractivity contribution < 1.29 is 24.6 Å². The molecule has 0 saturated carbocycles. The van der Waals surface area contributed by atoms with Gasteiger partial charge in [0, 0.05) is 5.92 Å². The summed E-state index contributed by atoms with van der Waals surface area (Å²) in [5.74, 6) is -2.09. The SMILES string of the molecule is Cc1cc(CCC(C=O)Cc2ccc(C(=O)O)cc2)ccc1C(=O)O. The van der Waals surface area contributed by atoms with Crippen molar-refractivity contribution in [3.05, 3.63) is 70.3 Å². The van der Waals surface area contributed by atoms with Gasteiger partial charge in [0.25, 0.3) is 0 Å². The normalized spacial score (nSPS) is 11.7. The van der Waals surface area contributed by atoms with Gasteiger partial charge in [-0.3, -0.25) is 0 Å². The minimum atomic E-state index is -0.973. The maximum atomic E-state index is 11.3. The molecule has 0 aliphatic carbocycles. The maximum Gasteiger partial charge on any atom is 0.335 e. The van der Waals surface area contributed by atoms with Gasteiger partial charge in [0.1, 0.15) is 6.29 Å². The van der Waals surface area contributed by atoms with Crippen LogP contribution in [0.4, 0.5) is 0 Å². The molecule has 1 unspecified atom stereocenters. The van der Waals surface area contributed by atoms with Crippen LogP contribution in [0.2, 0.25) is 0 Å². The van der Waals surface area contributed by atoms with Crippen LogP contribution in [0, 0.1) is 12.8 Å². The minimum absolute atomic E-state index is 0.171. The van der Waals surface area contributed by atoms with Crippen molar-refractivity contribution in [3.8, 4) is 0 Å². The van der Waals surface area contributed by atoms with Crippen molar-refractivity contribution >= 4 is 18.2 Å². The van der Waals surface area contributed by atoms with Crippen LogP contribution in [-0.4, -0.2) is 28.4 Å². The largest absolute Gasteiger partial charge is 0.478 e. The zero-order valence-electron chi connectivity index (χ0n) is 13.9. The highest BCUT2D eigenvalue weighted by atomic mass is 16.4. The molecule has 0 saturated heterocycles. The van der Waals surface area contributed by atoms with Gasteiger partial charge < -0.3 is 15.0 Å². The number of carboxylic acid groups (broad SMARTS) is 2. The summed E-state index contributed by atoms with van der Waals surface area (Å²) in [5, 5.41) is 17.9. The molecule has 0 bridgehead atoms. The lowest BCUT2D eigenvalue weighted by atomic mass is 9.93. The van der Waals surface area contributed by atoms with Crippen molar-refractivity contribution in [1.29, 1.82) is 0 Å². The van der Waals surface area contributed by atoms with E-state index in [9.17, 15) is 14.4 Å². The summed E-state index contributed by atoms with van der Waals surface area (Å²) < 4.78 is 0. The molecule has 25 heavy (non-hydrogen) atoms. The zero-order valence-corrected chi connectivity index (χ0v) is 13.9. The Balaban J connectivity index is 1.98. The van der Waals surface area contributed by atoms with Crippen LogP contribution in [-0.2, 0) is 17.6 Å². The van der Waals surface area contributed by atoms with Gasteiger partial charge in [-0.05, 0) is 61.1 Å². The smallest absolute Gasteiger partial charge is 0.335 e. The van der Waals surface area contributed by atoms with Gasteiger partial charge in [-0.15, -0.1) is 0 Å². The predicted molar refractivity (Wildman–Crippen MR) is 93.1 cm³/mol. The Morgan fingerprint density at radius 1 is 1.00 bits per heavy atom. The Hall–Kier alpha value is -2.95. The summed E-state index contributed by atoms with van der Waals surface area (Å²) in [6, 6.07) is 11.7. The van der Waals surface area contributed by atoms with E-state index < -0.39 is 11.9 Å². The molecule has 2 aromatic carbocycles. The molecule has 130 valence electrons. The van der Waals surface area contributed by atoms with Crippen LogP contribution in [0.25, 0.3) is 0 Å². The van der Waals surface area contributed by atoms with Crippen molar-refractivity contribution in [2.75, 3.05) is 0 Å². The van der Waals surface area contributed by atoms with Crippen molar-refractivity contribution in [1.82, 2.24) is 0 Å². The Morgan fingerprint density at radius 3 is 2.16 bits per heavy atom. The lowest BCUT2D eigenvalue weighted by Gasteiger charge is -2.11. The molecule has 0 amide bonds. The van der Waals surface area contributed by atoms with Gasteiger partial charge >= 0.3 is 11.9 Å². The van der Waals surface area contributed by atoms with Crippen LogP contribution in [0.3, 0.4) is 0 Å². The van der Waals surface area contributed by atoms with Crippen LogP contribution < -0.4 is 0 Å². The van der Waals surface area contributed by atoms with Crippen molar-refractivity contribution in [2.45, 2.75) is 26.2 Å². The number of aryl methyl sites for hydroxylation is 2. The monoisotopic (exact) mass is 340 g/mol. The summed E-state index contributed by atoms with van der Waals surface area (Å²) >= 11 is 0. The third-order valence-electron chi connectivity index (χ3n) is 4.22. The Bertz CT molecular complexity index is 777. The fourth-order valence-corrected chi connectivity index (χ4v) is 2.78. The van der Waals surface area contributed by atoms with Crippen LogP contribution in [0.1, 0.15) is 43.8 Å². The number of carbonyl (C=O) groups excluding carboxylic acids is 1. The van der Waals surface area contributed by atoms with Crippen molar-refractivity contribution in [3.63, 3.8) is 0 Å². The predicted octanol–water partition coefficient (Wildman–Crippen LogP) is 3.38. The average molecular weight is 340 g/mol. The first-order valence-corrected chi connectivity index (χ1v) is 8.01. The van der Waals surface area contributed by atoms with E-state index in [-0.39, 0.29) is 17.0 Å². The number of carbonyl (C=O) groups is 3. The molecule has 0 aliphatic heterocycles. The molecule has 2 N–H and O–H groups in total.